The van der Waals surface area contributed by atoms with Crippen LogP contribution in [0.5, 0.6) is 0 Å². The minimum atomic E-state index is 0.0245. The van der Waals surface area contributed by atoms with Crippen molar-refractivity contribution in [3.05, 3.63) is 35.4 Å². The molecule has 5 heteroatoms. The number of rotatable bonds is 9. The van der Waals surface area contributed by atoms with E-state index in [0.29, 0.717) is 38.7 Å². The van der Waals surface area contributed by atoms with Gasteiger partial charge in [-0.25, -0.2) is 0 Å². The number of amides is 1. The second kappa shape index (κ2) is 10.4. The standard InChI is InChI=1S/C21H32N2O3/c1-16(2)14-17-4-6-18(7-5-17)21(25)19-8-11-23(12-9-19)20(24)15-22-10-13-26-3/h4-7,16,19,22H,8-15H2,1-3H3. The number of hydrogen-bond donors (Lipinski definition) is 1. The van der Waals surface area contributed by atoms with Crippen LogP contribution in [0, 0.1) is 11.8 Å². The summed E-state index contributed by atoms with van der Waals surface area (Å²) in [6, 6.07) is 8.05. The molecule has 1 aliphatic heterocycles. The van der Waals surface area contributed by atoms with E-state index in [1.807, 2.05) is 17.0 Å². The van der Waals surface area contributed by atoms with E-state index in [1.165, 1.54) is 5.56 Å². The highest BCUT2D eigenvalue weighted by Gasteiger charge is 2.27. The number of benzene rings is 1. The van der Waals surface area contributed by atoms with Gasteiger partial charge in [-0.2, -0.15) is 0 Å². The number of nitrogens with zero attached hydrogens (tertiary/aromatic N) is 1. The molecular weight excluding hydrogens is 328 g/mol. The summed E-state index contributed by atoms with van der Waals surface area (Å²) >= 11 is 0. The molecule has 2 rings (SSSR count). The summed E-state index contributed by atoms with van der Waals surface area (Å²) in [4.78, 5) is 26.8. The van der Waals surface area contributed by atoms with E-state index in [0.717, 1.165) is 24.8 Å². The number of Topliss-reactive ketones (excluding diaryl/α,β-unsaturated/α-hetero) is 1. The average molecular weight is 360 g/mol. The zero-order valence-corrected chi connectivity index (χ0v) is 16.3. The second-order valence-electron chi connectivity index (χ2n) is 7.48. The molecule has 1 N–H and O–H groups in total. The van der Waals surface area contributed by atoms with Crippen LogP contribution in [-0.4, -0.2) is 56.5 Å². The number of methoxy groups -OCH3 is 1. The minimum absolute atomic E-state index is 0.0245. The Kier molecular flexibility index (Phi) is 8.26. The van der Waals surface area contributed by atoms with E-state index in [4.69, 9.17) is 4.74 Å². The SMILES string of the molecule is COCCNCC(=O)N1CCC(C(=O)c2ccc(CC(C)C)cc2)CC1. The summed E-state index contributed by atoms with van der Waals surface area (Å²) in [5.41, 5.74) is 2.07. The molecule has 1 fully saturated rings. The third-order valence-electron chi connectivity index (χ3n) is 4.86. The van der Waals surface area contributed by atoms with Gasteiger partial charge in [0.2, 0.25) is 5.91 Å². The Morgan fingerprint density at radius 1 is 1.19 bits per heavy atom. The smallest absolute Gasteiger partial charge is 0.236 e. The molecule has 0 aromatic heterocycles. The predicted molar refractivity (Wildman–Crippen MR) is 103 cm³/mol. The topological polar surface area (TPSA) is 58.6 Å². The number of ketones is 1. The Labute approximate surface area is 157 Å². The summed E-state index contributed by atoms with van der Waals surface area (Å²) in [5.74, 6) is 0.954. The molecule has 0 atom stereocenters. The van der Waals surface area contributed by atoms with Crippen molar-refractivity contribution >= 4 is 11.7 Å². The molecule has 26 heavy (non-hydrogen) atoms. The number of ether oxygens (including phenoxy) is 1. The Bertz CT molecular complexity index is 575. The molecule has 144 valence electrons. The lowest BCUT2D eigenvalue weighted by molar-refractivity contribution is -0.131. The van der Waals surface area contributed by atoms with E-state index in [2.05, 4.69) is 31.3 Å². The molecule has 0 saturated carbocycles. The first kappa shape index (κ1) is 20.6. The number of carbonyl (C=O) groups is 2. The molecule has 5 nitrogen and oxygen atoms in total. The maximum Gasteiger partial charge on any atom is 0.236 e. The van der Waals surface area contributed by atoms with Crippen molar-refractivity contribution in [3.63, 3.8) is 0 Å². The molecule has 0 spiro atoms. The van der Waals surface area contributed by atoms with Gasteiger partial charge >= 0.3 is 0 Å². The van der Waals surface area contributed by atoms with Gasteiger partial charge in [0.05, 0.1) is 13.2 Å². The fourth-order valence-corrected chi connectivity index (χ4v) is 3.38. The van der Waals surface area contributed by atoms with Crippen LogP contribution in [0.25, 0.3) is 0 Å². The molecule has 0 radical (unpaired) electrons. The van der Waals surface area contributed by atoms with Crippen molar-refractivity contribution in [1.82, 2.24) is 10.2 Å². The van der Waals surface area contributed by atoms with Crippen molar-refractivity contribution in [1.29, 1.82) is 0 Å². The van der Waals surface area contributed by atoms with Crippen LogP contribution >= 0.6 is 0 Å². The van der Waals surface area contributed by atoms with Crippen molar-refractivity contribution in [2.75, 3.05) is 39.9 Å². The van der Waals surface area contributed by atoms with Crippen molar-refractivity contribution in [3.8, 4) is 0 Å². The lowest BCUT2D eigenvalue weighted by atomic mass is 9.88. The Morgan fingerprint density at radius 2 is 1.85 bits per heavy atom. The summed E-state index contributed by atoms with van der Waals surface area (Å²) in [6.07, 6.45) is 2.53. The molecule has 1 heterocycles. The molecule has 1 aromatic rings. The Balaban J connectivity index is 1.79. The first-order valence-electron chi connectivity index (χ1n) is 9.61. The largest absolute Gasteiger partial charge is 0.383 e. The quantitative estimate of drug-likeness (QED) is 0.543. The van der Waals surface area contributed by atoms with E-state index < -0.39 is 0 Å². The molecule has 1 aromatic carbocycles. The number of nitrogens with one attached hydrogen (secondary N) is 1. The van der Waals surface area contributed by atoms with Crippen LogP contribution in [0.4, 0.5) is 0 Å². The van der Waals surface area contributed by atoms with Crippen molar-refractivity contribution in [2.45, 2.75) is 33.1 Å². The zero-order chi connectivity index (χ0) is 18.9. The van der Waals surface area contributed by atoms with Gasteiger partial charge in [0, 0.05) is 38.2 Å². The molecule has 1 aliphatic rings. The van der Waals surface area contributed by atoms with E-state index in [1.54, 1.807) is 7.11 Å². The highest BCUT2D eigenvalue weighted by molar-refractivity contribution is 5.98. The number of carbonyl (C=O) groups excluding carboxylic acids is 2. The van der Waals surface area contributed by atoms with Gasteiger partial charge in [-0.1, -0.05) is 38.1 Å². The Hall–Kier alpha value is -1.72. The Morgan fingerprint density at radius 3 is 2.42 bits per heavy atom. The summed E-state index contributed by atoms with van der Waals surface area (Å²) in [5, 5.41) is 3.08. The third kappa shape index (κ3) is 6.22. The third-order valence-corrected chi connectivity index (χ3v) is 4.86. The fraction of sp³-hybridized carbons (Fsp3) is 0.619. The van der Waals surface area contributed by atoms with Gasteiger partial charge in [-0.3, -0.25) is 9.59 Å². The molecule has 0 unspecified atom stereocenters. The molecular formula is C21H32N2O3. The van der Waals surface area contributed by atoms with Gasteiger partial charge in [0.1, 0.15) is 0 Å². The predicted octanol–water partition coefficient (Wildman–Crippen LogP) is 2.54. The second-order valence-corrected chi connectivity index (χ2v) is 7.48. The fourth-order valence-electron chi connectivity index (χ4n) is 3.38. The lowest BCUT2D eigenvalue weighted by Crippen LogP contribution is -2.44. The van der Waals surface area contributed by atoms with Crippen LogP contribution in [0.2, 0.25) is 0 Å². The minimum Gasteiger partial charge on any atom is -0.383 e. The zero-order valence-electron chi connectivity index (χ0n) is 16.3. The first-order chi connectivity index (χ1) is 12.5. The highest BCUT2D eigenvalue weighted by atomic mass is 16.5. The van der Waals surface area contributed by atoms with E-state index >= 15 is 0 Å². The van der Waals surface area contributed by atoms with Gasteiger partial charge in [-0.15, -0.1) is 0 Å². The number of piperidine rings is 1. The highest BCUT2D eigenvalue weighted by Crippen LogP contribution is 2.22. The van der Waals surface area contributed by atoms with Crippen LogP contribution in [0.15, 0.2) is 24.3 Å². The van der Waals surface area contributed by atoms with Crippen LogP contribution in [0.1, 0.15) is 42.6 Å². The van der Waals surface area contributed by atoms with E-state index in [-0.39, 0.29) is 17.6 Å². The maximum absolute atomic E-state index is 12.7. The molecule has 1 amide bonds. The van der Waals surface area contributed by atoms with Gasteiger partial charge in [0.25, 0.3) is 0 Å². The van der Waals surface area contributed by atoms with Gasteiger partial charge in [0.15, 0.2) is 5.78 Å². The van der Waals surface area contributed by atoms with Crippen LogP contribution in [-0.2, 0) is 16.0 Å². The van der Waals surface area contributed by atoms with E-state index in [9.17, 15) is 9.59 Å². The first-order valence-corrected chi connectivity index (χ1v) is 9.61. The lowest BCUT2D eigenvalue weighted by Gasteiger charge is -2.31. The van der Waals surface area contributed by atoms with Gasteiger partial charge in [-0.05, 0) is 30.7 Å². The summed E-state index contributed by atoms with van der Waals surface area (Å²) < 4.78 is 4.95. The molecule has 0 bridgehead atoms. The van der Waals surface area contributed by atoms with Crippen LogP contribution < -0.4 is 5.32 Å². The van der Waals surface area contributed by atoms with Crippen molar-refractivity contribution in [2.24, 2.45) is 11.8 Å². The summed E-state index contributed by atoms with van der Waals surface area (Å²) in [6.45, 7) is 7.31. The average Bonchev–Trinajstić information content (AvgIpc) is 2.65. The van der Waals surface area contributed by atoms with Crippen molar-refractivity contribution < 1.29 is 14.3 Å². The summed E-state index contributed by atoms with van der Waals surface area (Å²) in [7, 11) is 1.64. The van der Waals surface area contributed by atoms with Gasteiger partial charge < -0.3 is 15.0 Å². The van der Waals surface area contributed by atoms with Crippen LogP contribution in [0.3, 0.4) is 0 Å². The number of likely N-dealkylation sites (tertiary alicyclic amines) is 1. The maximum atomic E-state index is 12.7. The monoisotopic (exact) mass is 360 g/mol. The molecule has 0 aliphatic carbocycles. The normalized spacial score (nSPS) is 15.5. The molecule has 1 saturated heterocycles. The number of hydrogen-bond acceptors (Lipinski definition) is 4.